The SMILES string of the molecule is CC.O=C(NC1=NC=C(n2nc(-c3cccnc3)cc2C(F)(F)F)CC=C1)C1=CC(O)=CC=CC1. The molecule has 2 aliphatic rings. The first-order valence-electron chi connectivity index (χ1n) is 10.9. The first kappa shape index (κ1) is 25.4. The number of pyridine rings is 1. The number of allylic oxidation sites excluding steroid dienone is 6. The number of hydrogen-bond acceptors (Lipinski definition) is 5. The topological polar surface area (TPSA) is 92.4 Å². The van der Waals surface area contributed by atoms with Gasteiger partial charge in [-0.1, -0.05) is 32.1 Å². The number of amides is 1. The number of nitrogens with one attached hydrogen (secondary N) is 1. The first-order chi connectivity index (χ1) is 16.8. The van der Waals surface area contributed by atoms with Gasteiger partial charge in [-0.05, 0) is 42.8 Å². The number of aliphatic hydroxyl groups is 1. The van der Waals surface area contributed by atoms with Crippen LogP contribution in [0.15, 0.2) is 89.6 Å². The van der Waals surface area contributed by atoms with Crippen molar-refractivity contribution in [2.45, 2.75) is 32.9 Å². The summed E-state index contributed by atoms with van der Waals surface area (Å²) in [6.45, 7) is 4.00. The van der Waals surface area contributed by atoms with Crippen molar-refractivity contribution >= 4 is 17.4 Å². The third-order valence-electron chi connectivity index (χ3n) is 4.78. The van der Waals surface area contributed by atoms with Crippen LogP contribution in [0.2, 0.25) is 0 Å². The van der Waals surface area contributed by atoms with Gasteiger partial charge < -0.3 is 10.4 Å². The molecule has 0 saturated carbocycles. The minimum absolute atomic E-state index is 0.0581. The van der Waals surface area contributed by atoms with Crippen LogP contribution in [0, 0.1) is 0 Å². The van der Waals surface area contributed by atoms with Crippen LogP contribution in [-0.2, 0) is 11.0 Å². The number of nitrogens with zero attached hydrogens (tertiary/aromatic N) is 4. The Kier molecular flexibility index (Phi) is 8.19. The van der Waals surface area contributed by atoms with Crippen LogP contribution in [0.25, 0.3) is 17.0 Å². The minimum atomic E-state index is -4.64. The normalized spacial score (nSPS) is 15.5. The van der Waals surface area contributed by atoms with E-state index >= 15 is 0 Å². The Morgan fingerprint density at radius 2 is 2.00 bits per heavy atom. The number of carbonyl (C=O) groups is 1. The molecule has 4 rings (SSSR count). The van der Waals surface area contributed by atoms with Crippen molar-refractivity contribution in [2.75, 3.05) is 0 Å². The number of hydrogen-bond donors (Lipinski definition) is 2. The van der Waals surface area contributed by atoms with Gasteiger partial charge >= 0.3 is 6.18 Å². The van der Waals surface area contributed by atoms with Gasteiger partial charge in [-0.25, -0.2) is 9.67 Å². The molecule has 1 aliphatic heterocycles. The predicted octanol–water partition coefficient (Wildman–Crippen LogP) is 5.59. The quantitative estimate of drug-likeness (QED) is 0.595. The summed E-state index contributed by atoms with van der Waals surface area (Å²) in [4.78, 5) is 20.6. The van der Waals surface area contributed by atoms with Crippen LogP contribution in [-0.4, -0.2) is 31.6 Å². The van der Waals surface area contributed by atoms with E-state index in [0.717, 1.165) is 10.7 Å². The van der Waals surface area contributed by atoms with Crippen LogP contribution in [0.4, 0.5) is 13.2 Å². The number of carbonyl (C=O) groups excluding carboxylic acids is 1. The molecule has 35 heavy (non-hydrogen) atoms. The number of alkyl halides is 3. The predicted molar refractivity (Wildman–Crippen MR) is 128 cm³/mol. The molecule has 0 radical (unpaired) electrons. The molecular weight excluding hydrogens is 459 g/mol. The molecule has 1 aliphatic carbocycles. The van der Waals surface area contributed by atoms with Gasteiger partial charge in [-0.3, -0.25) is 9.78 Å². The Balaban J connectivity index is 0.00000167. The lowest BCUT2D eigenvalue weighted by molar-refractivity contribution is -0.142. The molecule has 2 N–H and O–H groups in total. The van der Waals surface area contributed by atoms with Crippen molar-refractivity contribution in [3.8, 4) is 11.3 Å². The number of halogens is 3. The fourth-order valence-corrected chi connectivity index (χ4v) is 3.21. The molecule has 0 aromatic carbocycles. The molecule has 182 valence electrons. The van der Waals surface area contributed by atoms with E-state index in [-0.39, 0.29) is 29.4 Å². The van der Waals surface area contributed by atoms with Crippen molar-refractivity contribution in [1.82, 2.24) is 20.1 Å². The van der Waals surface area contributed by atoms with E-state index < -0.39 is 17.8 Å². The van der Waals surface area contributed by atoms with Crippen molar-refractivity contribution in [3.05, 3.63) is 90.3 Å². The summed E-state index contributed by atoms with van der Waals surface area (Å²) < 4.78 is 41.9. The summed E-state index contributed by atoms with van der Waals surface area (Å²) in [5, 5.41) is 16.4. The van der Waals surface area contributed by atoms with E-state index in [1.54, 1.807) is 30.4 Å². The van der Waals surface area contributed by atoms with Crippen molar-refractivity contribution in [3.63, 3.8) is 0 Å². The van der Waals surface area contributed by atoms with Crippen LogP contribution in [0.3, 0.4) is 0 Å². The van der Waals surface area contributed by atoms with Gasteiger partial charge in [0, 0.05) is 30.0 Å². The zero-order chi connectivity index (χ0) is 25.4. The van der Waals surface area contributed by atoms with Crippen LogP contribution in [0.1, 0.15) is 32.4 Å². The number of aliphatic hydroxyl groups excluding tert-OH is 1. The maximum absolute atomic E-state index is 13.7. The standard InChI is InChI=1S/C23H18F3N5O2.C2H6/c24-23(25,26)20-12-19(16-6-4-10-27-13-16)30-31(20)17-7-3-9-21(28-14-17)29-22(33)15-5-1-2-8-18(32)11-15;1-2/h1-4,6,8-14,32H,5,7H2,(H,28,29,33);1-2H3. The average Bonchev–Trinajstić information content (AvgIpc) is 3.02. The molecule has 0 unspecified atom stereocenters. The first-order valence-corrected chi connectivity index (χ1v) is 10.9. The van der Waals surface area contributed by atoms with Gasteiger partial charge in [-0.15, -0.1) is 0 Å². The fourth-order valence-electron chi connectivity index (χ4n) is 3.21. The second-order valence-electron chi connectivity index (χ2n) is 7.15. The average molecular weight is 483 g/mol. The largest absolute Gasteiger partial charge is 0.508 e. The second-order valence-corrected chi connectivity index (χ2v) is 7.15. The lowest BCUT2D eigenvalue weighted by Crippen LogP contribution is -2.30. The Bertz CT molecular complexity index is 1250. The Morgan fingerprint density at radius 3 is 2.71 bits per heavy atom. The van der Waals surface area contributed by atoms with Gasteiger partial charge in [0.25, 0.3) is 5.91 Å². The zero-order valence-corrected chi connectivity index (χ0v) is 19.1. The number of rotatable bonds is 3. The minimum Gasteiger partial charge on any atom is -0.508 e. The van der Waals surface area contributed by atoms with E-state index in [1.807, 2.05) is 13.8 Å². The Morgan fingerprint density at radius 1 is 1.20 bits per heavy atom. The summed E-state index contributed by atoms with van der Waals surface area (Å²) >= 11 is 0. The van der Waals surface area contributed by atoms with Crippen LogP contribution in [0.5, 0.6) is 0 Å². The highest BCUT2D eigenvalue weighted by atomic mass is 19.4. The molecule has 3 heterocycles. The molecule has 2 aromatic rings. The van der Waals surface area contributed by atoms with Gasteiger partial charge in [0.1, 0.15) is 17.3 Å². The van der Waals surface area contributed by atoms with E-state index in [4.69, 9.17) is 0 Å². The molecule has 0 atom stereocenters. The van der Waals surface area contributed by atoms with Crippen molar-refractivity contribution in [1.29, 1.82) is 0 Å². The van der Waals surface area contributed by atoms with Crippen LogP contribution >= 0.6 is 0 Å². The summed E-state index contributed by atoms with van der Waals surface area (Å²) in [5.41, 5.74) is 0.125. The summed E-state index contributed by atoms with van der Waals surface area (Å²) in [7, 11) is 0. The van der Waals surface area contributed by atoms with E-state index in [2.05, 4.69) is 20.4 Å². The highest BCUT2D eigenvalue weighted by Crippen LogP contribution is 2.34. The highest BCUT2D eigenvalue weighted by Gasteiger charge is 2.37. The van der Waals surface area contributed by atoms with Crippen molar-refractivity contribution < 1.29 is 23.1 Å². The molecule has 7 nitrogen and oxygen atoms in total. The van der Waals surface area contributed by atoms with Gasteiger partial charge in [0.15, 0.2) is 0 Å². The fraction of sp³-hybridized carbons (Fsp3) is 0.200. The molecule has 10 heteroatoms. The molecule has 0 spiro atoms. The maximum atomic E-state index is 13.7. The third kappa shape index (κ3) is 6.44. The van der Waals surface area contributed by atoms with E-state index in [9.17, 15) is 23.1 Å². The molecule has 1 amide bonds. The Labute approximate surface area is 200 Å². The smallest absolute Gasteiger partial charge is 0.433 e. The molecule has 2 aromatic heterocycles. The Hall–Kier alpha value is -4.21. The van der Waals surface area contributed by atoms with Gasteiger partial charge in [0.2, 0.25) is 0 Å². The summed E-state index contributed by atoms with van der Waals surface area (Å²) in [6, 6.07) is 4.20. The number of aromatic nitrogens is 3. The number of amidine groups is 1. The highest BCUT2D eigenvalue weighted by molar-refractivity contribution is 6.10. The van der Waals surface area contributed by atoms with E-state index in [1.165, 1.54) is 36.8 Å². The monoisotopic (exact) mass is 483 g/mol. The molecule has 0 saturated heterocycles. The third-order valence-corrected chi connectivity index (χ3v) is 4.78. The summed E-state index contributed by atoms with van der Waals surface area (Å²) in [5.74, 6) is -0.381. The lowest BCUT2D eigenvalue weighted by Gasteiger charge is -2.11. The number of aliphatic imine (C=N–C) groups is 1. The second kappa shape index (κ2) is 11.3. The van der Waals surface area contributed by atoms with Gasteiger partial charge in [0.05, 0.1) is 17.6 Å². The molecular formula is C25H24F3N5O2. The van der Waals surface area contributed by atoms with E-state index in [0.29, 0.717) is 17.6 Å². The maximum Gasteiger partial charge on any atom is 0.433 e. The molecule has 0 fully saturated rings. The summed E-state index contributed by atoms with van der Waals surface area (Å²) in [6.07, 6.45) is 9.21. The van der Waals surface area contributed by atoms with Crippen LogP contribution < -0.4 is 5.32 Å². The van der Waals surface area contributed by atoms with Gasteiger partial charge in [-0.2, -0.15) is 18.3 Å². The zero-order valence-electron chi connectivity index (χ0n) is 19.1. The van der Waals surface area contributed by atoms with Crippen molar-refractivity contribution in [2.24, 2.45) is 4.99 Å². The molecule has 0 bridgehead atoms. The lowest BCUT2D eigenvalue weighted by atomic mass is 10.1.